The molecule has 1 amide bonds. The van der Waals surface area contributed by atoms with E-state index in [4.69, 9.17) is 5.73 Å². The third-order valence-corrected chi connectivity index (χ3v) is 4.83. The highest BCUT2D eigenvalue weighted by molar-refractivity contribution is 5.97. The van der Waals surface area contributed by atoms with Crippen molar-refractivity contribution < 1.29 is 4.79 Å². The van der Waals surface area contributed by atoms with Crippen molar-refractivity contribution in [3.63, 3.8) is 0 Å². The zero-order valence-corrected chi connectivity index (χ0v) is 14.6. The van der Waals surface area contributed by atoms with E-state index in [2.05, 4.69) is 47.1 Å². The van der Waals surface area contributed by atoms with Gasteiger partial charge in [0.25, 0.3) is 5.91 Å². The summed E-state index contributed by atoms with van der Waals surface area (Å²) >= 11 is 0. The number of nitrogens with one attached hydrogen (secondary N) is 1. The molecule has 3 rings (SSSR count). The maximum atomic E-state index is 11.6. The molecule has 128 valence electrons. The van der Waals surface area contributed by atoms with Crippen molar-refractivity contribution >= 4 is 5.91 Å². The molecule has 24 heavy (non-hydrogen) atoms. The van der Waals surface area contributed by atoms with E-state index in [-0.39, 0.29) is 5.69 Å². The largest absolute Gasteiger partial charge is 0.364 e. The van der Waals surface area contributed by atoms with E-state index in [1.54, 1.807) is 0 Å². The molecule has 3 N–H and O–H groups in total. The first-order valence-electron chi connectivity index (χ1n) is 8.49. The number of carbonyl (C=O) groups excluding carboxylic acids is 1. The molecule has 1 atom stereocenters. The molecule has 1 saturated heterocycles. The van der Waals surface area contributed by atoms with Crippen molar-refractivity contribution in [2.24, 2.45) is 11.7 Å². The molecule has 1 fully saturated rings. The van der Waals surface area contributed by atoms with Crippen molar-refractivity contribution in [1.29, 1.82) is 0 Å². The Balaban J connectivity index is 1.96. The molecule has 1 unspecified atom stereocenters. The Morgan fingerprint density at radius 3 is 2.88 bits per heavy atom. The molecule has 0 radical (unpaired) electrons. The quantitative estimate of drug-likeness (QED) is 0.902. The normalized spacial score (nSPS) is 18.7. The second-order valence-corrected chi connectivity index (χ2v) is 6.96. The summed E-state index contributed by atoms with van der Waals surface area (Å²) in [7, 11) is 0. The molecular formula is C18H25N5O. The first-order chi connectivity index (χ1) is 11.5. The van der Waals surface area contributed by atoms with E-state index in [1.165, 1.54) is 18.4 Å². The van der Waals surface area contributed by atoms with Gasteiger partial charge in [-0.25, -0.2) is 0 Å². The summed E-state index contributed by atoms with van der Waals surface area (Å²) in [5, 5.41) is 10.6. The molecule has 0 aliphatic carbocycles. The summed E-state index contributed by atoms with van der Waals surface area (Å²) in [6.07, 6.45) is 2.57. The van der Waals surface area contributed by atoms with Gasteiger partial charge in [-0.3, -0.25) is 9.69 Å². The van der Waals surface area contributed by atoms with E-state index in [0.29, 0.717) is 5.69 Å². The van der Waals surface area contributed by atoms with Crippen molar-refractivity contribution in [2.75, 3.05) is 13.1 Å². The Labute approximate surface area is 142 Å². The van der Waals surface area contributed by atoms with Gasteiger partial charge in [-0.05, 0) is 56.3 Å². The van der Waals surface area contributed by atoms with Gasteiger partial charge in [0.2, 0.25) is 0 Å². The Morgan fingerprint density at radius 2 is 2.17 bits per heavy atom. The lowest BCUT2D eigenvalue weighted by molar-refractivity contribution is 0.0996. The number of aromatic nitrogens is 3. The average molecular weight is 327 g/mol. The van der Waals surface area contributed by atoms with Gasteiger partial charge in [0.05, 0.1) is 0 Å². The number of likely N-dealkylation sites (tertiary alicyclic amines) is 1. The number of piperidine rings is 1. The highest BCUT2D eigenvalue weighted by Gasteiger charge is 2.21. The number of amides is 1. The van der Waals surface area contributed by atoms with E-state index >= 15 is 0 Å². The van der Waals surface area contributed by atoms with E-state index in [0.717, 1.165) is 42.2 Å². The van der Waals surface area contributed by atoms with Crippen LogP contribution in [-0.4, -0.2) is 39.3 Å². The van der Waals surface area contributed by atoms with Crippen LogP contribution in [-0.2, 0) is 6.54 Å². The van der Waals surface area contributed by atoms with Crippen LogP contribution in [0.2, 0.25) is 0 Å². The predicted octanol–water partition coefficient (Wildman–Crippen LogP) is 2.42. The number of benzene rings is 1. The number of H-pyrrole nitrogens is 1. The Kier molecular flexibility index (Phi) is 4.66. The molecule has 1 aromatic heterocycles. The lowest BCUT2D eigenvalue weighted by Gasteiger charge is -2.31. The Hall–Kier alpha value is -2.21. The Bertz CT molecular complexity index is 752. The second kappa shape index (κ2) is 6.73. The van der Waals surface area contributed by atoms with Crippen LogP contribution in [0.5, 0.6) is 0 Å². The molecule has 1 aliphatic rings. The molecule has 2 heterocycles. The molecule has 0 saturated carbocycles. The number of carbonyl (C=O) groups is 1. The average Bonchev–Trinajstić information content (AvgIpc) is 3.00. The molecule has 6 heteroatoms. The fraction of sp³-hybridized carbons (Fsp3) is 0.500. The van der Waals surface area contributed by atoms with E-state index in [9.17, 15) is 4.79 Å². The minimum Gasteiger partial charge on any atom is -0.364 e. The summed E-state index contributed by atoms with van der Waals surface area (Å²) in [5.74, 6) is 0.186. The highest BCUT2D eigenvalue weighted by Crippen LogP contribution is 2.29. The summed E-state index contributed by atoms with van der Waals surface area (Å²) < 4.78 is 0. The molecule has 0 bridgehead atoms. The molecular weight excluding hydrogens is 302 g/mol. The van der Waals surface area contributed by atoms with Gasteiger partial charge in [-0.15, -0.1) is 0 Å². The fourth-order valence-corrected chi connectivity index (χ4v) is 3.61. The Morgan fingerprint density at radius 1 is 1.38 bits per heavy atom. The predicted molar refractivity (Wildman–Crippen MR) is 93.5 cm³/mol. The maximum Gasteiger partial charge on any atom is 0.271 e. The second-order valence-electron chi connectivity index (χ2n) is 6.96. The van der Waals surface area contributed by atoms with Crippen molar-refractivity contribution in [3.05, 3.63) is 34.5 Å². The number of nitrogens with zero attached hydrogens (tertiary/aromatic N) is 3. The number of nitrogens with two attached hydrogens (primary N) is 1. The third-order valence-electron chi connectivity index (χ3n) is 4.83. The van der Waals surface area contributed by atoms with Crippen LogP contribution in [0.3, 0.4) is 0 Å². The number of aryl methyl sites for hydroxylation is 1. The monoisotopic (exact) mass is 327 g/mol. The summed E-state index contributed by atoms with van der Waals surface area (Å²) in [4.78, 5) is 14.1. The van der Waals surface area contributed by atoms with Crippen molar-refractivity contribution in [1.82, 2.24) is 20.3 Å². The SMILES string of the molecule is Cc1cc(CN2CCCC(C)C2)c(C)c(-c2n[nH]nc2C(N)=O)c1. The van der Waals surface area contributed by atoms with Crippen LogP contribution in [0, 0.1) is 19.8 Å². The number of hydrogen-bond acceptors (Lipinski definition) is 4. The summed E-state index contributed by atoms with van der Waals surface area (Å²) in [6.45, 7) is 9.67. The van der Waals surface area contributed by atoms with Crippen LogP contribution < -0.4 is 5.73 Å². The van der Waals surface area contributed by atoms with Gasteiger partial charge in [0.15, 0.2) is 5.69 Å². The van der Waals surface area contributed by atoms with Crippen molar-refractivity contribution in [3.8, 4) is 11.3 Å². The molecule has 1 aliphatic heterocycles. The first-order valence-corrected chi connectivity index (χ1v) is 8.49. The standard InChI is InChI=1S/C18H25N5O/c1-11-5-4-6-23(9-11)10-14-7-12(2)8-15(13(14)3)16-17(18(19)24)21-22-20-16/h7-8,11H,4-6,9-10H2,1-3H3,(H2,19,24)(H,20,21,22). The maximum absolute atomic E-state index is 11.6. The lowest BCUT2D eigenvalue weighted by Crippen LogP contribution is -2.34. The summed E-state index contributed by atoms with van der Waals surface area (Å²) in [5.41, 5.74) is 10.6. The lowest BCUT2D eigenvalue weighted by atomic mass is 9.94. The minimum atomic E-state index is -0.564. The first kappa shape index (κ1) is 16.6. The molecule has 1 aromatic carbocycles. The van der Waals surface area contributed by atoms with E-state index in [1.807, 2.05) is 6.07 Å². The fourth-order valence-electron chi connectivity index (χ4n) is 3.61. The van der Waals surface area contributed by atoms with Gasteiger partial charge >= 0.3 is 0 Å². The van der Waals surface area contributed by atoms with E-state index < -0.39 is 5.91 Å². The number of hydrogen-bond donors (Lipinski definition) is 2. The number of rotatable bonds is 4. The van der Waals surface area contributed by atoms with Gasteiger partial charge in [-0.2, -0.15) is 15.4 Å². The number of primary amides is 1. The highest BCUT2D eigenvalue weighted by atomic mass is 16.1. The third kappa shape index (κ3) is 3.33. The molecule has 2 aromatic rings. The minimum absolute atomic E-state index is 0.196. The zero-order valence-electron chi connectivity index (χ0n) is 14.6. The van der Waals surface area contributed by atoms with Crippen LogP contribution in [0.25, 0.3) is 11.3 Å². The van der Waals surface area contributed by atoms with Gasteiger partial charge < -0.3 is 5.73 Å². The van der Waals surface area contributed by atoms with Crippen LogP contribution in [0.1, 0.15) is 46.9 Å². The van der Waals surface area contributed by atoms with Crippen molar-refractivity contribution in [2.45, 2.75) is 40.2 Å². The van der Waals surface area contributed by atoms with Gasteiger partial charge in [0.1, 0.15) is 5.69 Å². The van der Waals surface area contributed by atoms with Crippen LogP contribution in [0.4, 0.5) is 0 Å². The van der Waals surface area contributed by atoms with Gasteiger partial charge in [0, 0.05) is 18.7 Å². The zero-order chi connectivity index (χ0) is 17.3. The van der Waals surface area contributed by atoms with Gasteiger partial charge in [-0.1, -0.05) is 18.6 Å². The van der Waals surface area contributed by atoms with Crippen LogP contribution in [0.15, 0.2) is 12.1 Å². The van der Waals surface area contributed by atoms with Crippen LogP contribution >= 0.6 is 0 Å². The smallest absolute Gasteiger partial charge is 0.271 e. The topological polar surface area (TPSA) is 87.9 Å². The summed E-state index contributed by atoms with van der Waals surface area (Å²) in [6, 6.07) is 4.27. The number of aromatic amines is 1. The molecule has 6 nitrogen and oxygen atoms in total. The molecule has 0 spiro atoms.